The minimum Gasteiger partial charge on any atom is -0.165 e. The zero-order valence-electron chi connectivity index (χ0n) is 5.98. The van der Waals surface area contributed by atoms with Gasteiger partial charge >= 0.3 is 37.4 Å². The average Bonchev–Trinajstić information content (AvgIpc) is 2.03. The highest BCUT2D eigenvalue weighted by Gasteiger charge is 2.62. The first-order valence-electron chi connectivity index (χ1n) is 2.78. The van der Waals surface area contributed by atoms with Crippen LogP contribution in [0.5, 0.6) is 0 Å². The van der Waals surface area contributed by atoms with Gasteiger partial charge in [0.2, 0.25) is 0 Å². The summed E-state index contributed by atoms with van der Waals surface area (Å²) >= 11 is 0. The number of aromatic nitrogens is 3. The lowest BCUT2D eigenvalue weighted by Crippen LogP contribution is -2.41. The Balaban J connectivity index is 2.79. The maximum Gasteiger partial charge on any atom is 0.484 e. The minimum atomic E-state index is -5.75. The van der Waals surface area contributed by atoms with Gasteiger partial charge in [-0.2, -0.15) is 26.5 Å². The first kappa shape index (κ1) is 12.0. The highest BCUT2D eigenvalue weighted by Crippen LogP contribution is 2.39. The normalized spacial score (nSPS) is 15.4. The Morgan fingerprint density at radius 1 is 1.00 bits per heavy atom. The summed E-state index contributed by atoms with van der Waals surface area (Å²) in [5.41, 5.74) is 0. The maximum atomic E-state index is 12.2. The molecule has 0 bridgehead atoms. The largest absolute Gasteiger partial charge is 0.484 e. The van der Waals surface area contributed by atoms with Crippen molar-refractivity contribution >= 4 is 25.1 Å². The third kappa shape index (κ3) is 2.95. The van der Waals surface area contributed by atoms with Gasteiger partial charge in [-0.15, -0.1) is 0 Å². The van der Waals surface area contributed by atoms with Crippen LogP contribution in [0.25, 0.3) is 0 Å². The average molecular weight is 270 g/mol. The molecule has 0 aliphatic carbocycles. The van der Waals surface area contributed by atoms with Gasteiger partial charge in [0.05, 0.1) is 0 Å². The molecule has 14 heavy (non-hydrogen) atoms. The standard InChI is InChI=1S/C2F5N3OP3/c3-1(4,5)2(6,7)11-14-9-12-8-13-10-14/q+1. The third-order valence-electron chi connectivity index (χ3n) is 0.839. The Hall–Kier alpha value is -0.0900. The molecule has 0 saturated carbocycles. The molecule has 4 nitrogen and oxygen atoms in total. The Bertz CT molecular complexity index is 305. The molecule has 0 atom stereocenters. The summed E-state index contributed by atoms with van der Waals surface area (Å²) in [6.45, 7) is 0. The molecule has 0 amide bonds. The monoisotopic (exact) mass is 270 g/mol. The Morgan fingerprint density at radius 3 is 1.93 bits per heavy atom. The summed E-state index contributed by atoms with van der Waals surface area (Å²) in [5, 5.41) is 0. The fourth-order valence-electron chi connectivity index (χ4n) is 0.331. The second kappa shape index (κ2) is 4.19. The van der Waals surface area contributed by atoms with Gasteiger partial charge in [-0.3, -0.25) is 0 Å². The van der Waals surface area contributed by atoms with E-state index < -0.39 is 20.4 Å². The first-order valence-corrected chi connectivity index (χ1v) is 5.55. The lowest BCUT2D eigenvalue weighted by atomic mass is 10.6. The number of hydrogen-bond donors (Lipinski definition) is 0. The van der Waals surface area contributed by atoms with Crippen LogP contribution in [0, 0.1) is 0 Å². The SMILES string of the molecule is FC(F)(F)C(F)(F)O[p+]1npnpn1. The highest BCUT2D eigenvalue weighted by atomic mass is 31.2. The van der Waals surface area contributed by atoms with Crippen LogP contribution in [-0.2, 0) is 0 Å². The summed E-state index contributed by atoms with van der Waals surface area (Å²) in [4.78, 5) is 0. The van der Waals surface area contributed by atoms with Crippen molar-refractivity contribution in [2.75, 3.05) is 0 Å². The number of nitrogens with zero attached hydrogens (tertiary/aromatic N) is 3. The van der Waals surface area contributed by atoms with Crippen LogP contribution in [0.4, 0.5) is 22.0 Å². The minimum absolute atomic E-state index is 0.0499. The zero-order valence-corrected chi connectivity index (χ0v) is 8.66. The van der Waals surface area contributed by atoms with E-state index in [9.17, 15) is 22.0 Å². The fraction of sp³-hybridized carbons (Fsp3) is 1.00. The summed E-state index contributed by atoms with van der Waals surface area (Å²) in [6.07, 6.45) is -11.0. The van der Waals surface area contributed by atoms with Gasteiger partial charge in [-0.1, -0.05) is 0 Å². The van der Waals surface area contributed by atoms with Crippen molar-refractivity contribution in [3.8, 4) is 0 Å². The summed E-state index contributed by atoms with van der Waals surface area (Å²) in [5.74, 6) is 0. The lowest BCUT2D eigenvalue weighted by molar-refractivity contribution is -0.347. The Labute approximate surface area is 78.3 Å². The van der Waals surface area contributed by atoms with Crippen molar-refractivity contribution in [1.29, 1.82) is 0 Å². The molecular formula is C2F5N3OP3+. The Morgan fingerprint density at radius 2 is 1.50 bits per heavy atom. The van der Waals surface area contributed by atoms with E-state index in [0.29, 0.717) is 0 Å². The molecule has 1 rings (SSSR count). The van der Waals surface area contributed by atoms with Crippen LogP contribution < -0.4 is 4.52 Å². The smallest absolute Gasteiger partial charge is 0.165 e. The van der Waals surface area contributed by atoms with Crippen molar-refractivity contribution < 1.29 is 26.5 Å². The van der Waals surface area contributed by atoms with Gasteiger partial charge in [0.15, 0.2) is 0 Å². The van der Waals surface area contributed by atoms with Crippen LogP contribution in [0.1, 0.15) is 0 Å². The predicted octanol–water partition coefficient (Wildman–Crippen LogP) is 2.88. The van der Waals surface area contributed by atoms with Gasteiger partial charge in [0, 0.05) is 0 Å². The molecule has 0 aliphatic rings. The molecule has 1 aromatic heterocycles. The molecule has 1 heterocycles. The van der Waals surface area contributed by atoms with Crippen LogP contribution in [0.3, 0.4) is 0 Å². The van der Waals surface area contributed by atoms with Crippen molar-refractivity contribution in [3.05, 3.63) is 0 Å². The predicted molar refractivity (Wildman–Crippen MR) is 39.5 cm³/mol. The van der Waals surface area contributed by atoms with Gasteiger partial charge in [0.1, 0.15) is 0 Å². The van der Waals surface area contributed by atoms with Crippen LogP contribution >= 0.6 is 25.1 Å². The van der Waals surface area contributed by atoms with Crippen LogP contribution in [0.15, 0.2) is 0 Å². The molecule has 0 radical (unpaired) electrons. The molecule has 12 heteroatoms. The number of halogens is 5. The summed E-state index contributed by atoms with van der Waals surface area (Å²) < 4.78 is 72.6. The van der Waals surface area contributed by atoms with E-state index in [1.54, 1.807) is 0 Å². The van der Waals surface area contributed by atoms with Crippen molar-refractivity contribution in [2.24, 2.45) is 0 Å². The third-order valence-corrected chi connectivity index (χ3v) is 3.74. The number of hydrogen-bond acceptors (Lipinski definition) is 4. The lowest BCUT2D eigenvalue weighted by Gasteiger charge is -2.14. The molecule has 1 aromatic rings. The van der Waals surface area contributed by atoms with E-state index >= 15 is 0 Å². The molecule has 78 valence electrons. The first-order chi connectivity index (χ1) is 6.33. The van der Waals surface area contributed by atoms with E-state index in [-0.39, 0.29) is 17.0 Å². The second-order valence-electron chi connectivity index (χ2n) is 1.81. The molecule has 0 aliphatic heterocycles. The molecule has 0 saturated heterocycles. The summed E-state index contributed by atoms with van der Waals surface area (Å²) in [7, 11) is -2.36. The van der Waals surface area contributed by atoms with E-state index in [1.165, 1.54) is 0 Å². The van der Waals surface area contributed by atoms with Gasteiger partial charge in [-0.05, 0) is 13.5 Å². The molecular weight excluding hydrogens is 270 g/mol. The fourth-order valence-corrected chi connectivity index (χ4v) is 3.02. The number of rotatable bonds is 2. The Kier molecular flexibility index (Phi) is 3.58. The molecule has 0 N–H and O–H groups in total. The highest BCUT2D eigenvalue weighted by molar-refractivity contribution is 7.50. The van der Waals surface area contributed by atoms with Crippen molar-refractivity contribution in [2.45, 2.75) is 12.3 Å². The van der Waals surface area contributed by atoms with E-state index in [2.05, 4.69) is 18.1 Å². The molecule has 0 unspecified atom stereocenters. The molecule has 0 fully saturated rings. The van der Waals surface area contributed by atoms with Crippen LogP contribution in [0.2, 0.25) is 0 Å². The molecule has 0 spiro atoms. The van der Waals surface area contributed by atoms with E-state index in [4.69, 9.17) is 0 Å². The van der Waals surface area contributed by atoms with Gasteiger partial charge in [0.25, 0.3) is 0 Å². The maximum absolute atomic E-state index is 12.2. The summed E-state index contributed by atoms with van der Waals surface area (Å²) in [6, 6.07) is 0. The molecule has 0 aromatic carbocycles. The van der Waals surface area contributed by atoms with E-state index in [1.807, 2.05) is 0 Å². The van der Waals surface area contributed by atoms with Crippen LogP contribution in [-0.4, -0.2) is 25.8 Å². The quantitative estimate of drug-likeness (QED) is 0.775. The second-order valence-corrected chi connectivity index (χ2v) is 5.00. The van der Waals surface area contributed by atoms with Crippen molar-refractivity contribution in [1.82, 2.24) is 13.5 Å². The zero-order chi connectivity index (χ0) is 10.8. The van der Waals surface area contributed by atoms with Crippen molar-refractivity contribution in [3.63, 3.8) is 0 Å². The number of alkyl halides is 5. The van der Waals surface area contributed by atoms with E-state index in [0.717, 1.165) is 0 Å². The van der Waals surface area contributed by atoms with Gasteiger partial charge in [-0.25, -0.2) is 0 Å². The topological polar surface area (TPSA) is 47.9 Å². The van der Waals surface area contributed by atoms with Gasteiger partial charge < -0.3 is 0 Å².